The Kier molecular flexibility index (Phi) is 4.77. The summed E-state index contributed by atoms with van der Waals surface area (Å²) in [6.07, 6.45) is 9.84. The van der Waals surface area contributed by atoms with Crippen LogP contribution in [0, 0.1) is 5.82 Å². The van der Waals surface area contributed by atoms with Crippen LogP contribution in [0.15, 0.2) is 67.6 Å². The Bertz CT molecular complexity index is 1640. The number of hydrogen-bond acceptors (Lipinski definition) is 8. The summed E-state index contributed by atoms with van der Waals surface area (Å²) in [5, 5.41) is 8.32. The smallest absolute Gasteiger partial charge is 0.225 e. The summed E-state index contributed by atoms with van der Waals surface area (Å²) in [4.78, 5) is 18.0. The molecule has 0 aliphatic carbocycles. The highest BCUT2D eigenvalue weighted by molar-refractivity contribution is 5.77. The van der Waals surface area contributed by atoms with E-state index in [1.54, 1.807) is 29.0 Å². The molecule has 2 N–H and O–H groups in total. The second kappa shape index (κ2) is 8.93. The van der Waals surface area contributed by atoms with Crippen LogP contribution in [-0.4, -0.2) is 60.5 Å². The van der Waals surface area contributed by atoms with Crippen LogP contribution >= 0.6 is 0 Å². The molecule has 37 heavy (non-hydrogen) atoms. The van der Waals surface area contributed by atoms with Crippen molar-refractivity contribution in [2.24, 2.45) is 12.7 Å². The minimum absolute atomic E-state index is 0.312. The molecule has 1 saturated heterocycles. The maximum Gasteiger partial charge on any atom is 0.225 e. The van der Waals surface area contributed by atoms with Gasteiger partial charge in [0.1, 0.15) is 17.7 Å². The molecule has 0 unspecified atom stereocenters. The van der Waals surface area contributed by atoms with Crippen LogP contribution in [0.5, 0.6) is 0 Å². The van der Waals surface area contributed by atoms with Gasteiger partial charge in [-0.25, -0.2) is 23.9 Å². The minimum Gasteiger partial charge on any atom is -0.351 e. The fraction of sp³-hybridized carbons (Fsp3) is 0.269. The van der Waals surface area contributed by atoms with Crippen LogP contribution in [0.3, 0.4) is 0 Å². The van der Waals surface area contributed by atoms with Gasteiger partial charge in [-0.3, -0.25) is 4.68 Å². The molecule has 1 fully saturated rings. The summed E-state index contributed by atoms with van der Waals surface area (Å²) >= 11 is 0. The third kappa shape index (κ3) is 4.27. The second-order valence-corrected chi connectivity index (χ2v) is 9.27. The number of hydrogen-bond donors (Lipinski definition) is 1. The first kappa shape index (κ1) is 19.8. The van der Waals surface area contributed by atoms with Crippen LogP contribution in [0.25, 0.3) is 16.6 Å². The molecule has 10 nitrogen and oxygen atoms in total. The molecule has 5 heterocycles. The van der Waals surface area contributed by atoms with E-state index in [4.69, 9.17) is 9.85 Å². The topological polar surface area (TPSA) is 106 Å². The molecule has 188 valence electrons. The lowest BCUT2D eigenvalue weighted by Crippen LogP contribution is -2.47. The zero-order valence-corrected chi connectivity index (χ0v) is 20.2. The molecule has 4 aromatic heterocycles. The highest BCUT2D eigenvalue weighted by Crippen LogP contribution is 2.29. The van der Waals surface area contributed by atoms with Crippen molar-refractivity contribution >= 4 is 17.3 Å². The number of rotatable bonds is 5. The summed E-state index contributed by atoms with van der Waals surface area (Å²) < 4.78 is 38.7. The van der Waals surface area contributed by atoms with Crippen molar-refractivity contribution < 1.29 is 8.50 Å². The number of aromatic nitrogens is 7. The third-order valence-corrected chi connectivity index (χ3v) is 6.85. The van der Waals surface area contributed by atoms with Crippen molar-refractivity contribution in [2.45, 2.75) is 12.5 Å². The van der Waals surface area contributed by atoms with E-state index >= 15 is 0 Å². The van der Waals surface area contributed by atoms with Gasteiger partial charge in [0.05, 0.1) is 11.7 Å². The van der Waals surface area contributed by atoms with Crippen molar-refractivity contribution in [3.05, 3.63) is 84.6 Å². The van der Waals surface area contributed by atoms with Gasteiger partial charge in [0.2, 0.25) is 5.95 Å². The van der Waals surface area contributed by atoms with Gasteiger partial charge in [-0.1, -0.05) is 12.1 Å². The number of aryl methyl sites for hydroxylation is 1. The summed E-state index contributed by atoms with van der Waals surface area (Å²) in [6.45, 7) is 2.28. The molecule has 1 aliphatic rings. The Balaban J connectivity index is 1.16. The van der Waals surface area contributed by atoms with Gasteiger partial charge in [0.15, 0.2) is 5.82 Å². The van der Waals surface area contributed by atoms with E-state index < -0.39 is 12.5 Å². The lowest BCUT2D eigenvalue weighted by molar-refractivity contribution is 0.585. The number of fused-ring (bicyclic) bond motifs is 1. The van der Waals surface area contributed by atoms with E-state index in [-0.39, 0.29) is 5.82 Å². The van der Waals surface area contributed by atoms with E-state index in [1.165, 1.54) is 30.9 Å². The molecule has 1 aromatic carbocycles. The molecule has 5 aromatic rings. The van der Waals surface area contributed by atoms with Gasteiger partial charge in [-0.2, -0.15) is 10.2 Å². The van der Waals surface area contributed by atoms with Gasteiger partial charge in [-0.05, 0) is 30.7 Å². The van der Waals surface area contributed by atoms with Crippen LogP contribution in [0.2, 0.25) is 0 Å². The first-order valence-corrected chi connectivity index (χ1v) is 11.9. The molecule has 1 atom stereocenters. The molecule has 0 amide bonds. The largest absolute Gasteiger partial charge is 0.351 e. The van der Waals surface area contributed by atoms with Gasteiger partial charge >= 0.3 is 0 Å². The van der Waals surface area contributed by atoms with Gasteiger partial charge < -0.3 is 15.5 Å². The van der Waals surface area contributed by atoms with Crippen molar-refractivity contribution in [3.63, 3.8) is 0 Å². The Morgan fingerprint density at radius 1 is 0.892 bits per heavy atom. The molecular formula is C26H27FN10. The number of benzene rings is 1. The summed E-state index contributed by atoms with van der Waals surface area (Å²) in [7, 11) is 0. The molecule has 1 aliphatic heterocycles. The highest BCUT2D eigenvalue weighted by Gasteiger charge is 2.26. The standard InChI is InChI=1S/C26H27FN10/c1-26(28,20-3-5-22(27)6-4-20)21-13-29-25(30-14-21)36-9-7-35(8-10-36)24-23-11-18(16-37(23)33-17-31-24)19-12-32-34(2)15-19/h3-6,11-17H,7-10,28H2,1-2H3/t26-/m0/s1/i2D3. The lowest BCUT2D eigenvalue weighted by atomic mass is 9.87. The Morgan fingerprint density at radius 2 is 1.62 bits per heavy atom. The fourth-order valence-corrected chi connectivity index (χ4v) is 4.62. The molecule has 0 bridgehead atoms. The van der Waals surface area contributed by atoms with E-state index in [9.17, 15) is 4.39 Å². The number of anilines is 2. The number of halogens is 1. The monoisotopic (exact) mass is 501 g/mol. The molecule has 0 spiro atoms. The number of nitrogens with zero attached hydrogens (tertiary/aromatic N) is 9. The molecular weight excluding hydrogens is 471 g/mol. The average molecular weight is 502 g/mol. The van der Waals surface area contributed by atoms with E-state index in [0.717, 1.165) is 32.7 Å². The summed E-state index contributed by atoms with van der Waals surface area (Å²) in [6, 6.07) is 8.07. The maximum atomic E-state index is 13.4. The van der Waals surface area contributed by atoms with Crippen molar-refractivity contribution in [1.82, 2.24) is 34.3 Å². The number of piperazine rings is 1. The second-order valence-electron chi connectivity index (χ2n) is 9.27. The van der Waals surface area contributed by atoms with Crippen molar-refractivity contribution in [2.75, 3.05) is 36.0 Å². The predicted octanol–water partition coefficient (Wildman–Crippen LogP) is 2.61. The van der Waals surface area contributed by atoms with Gasteiger partial charge in [0.25, 0.3) is 0 Å². The molecule has 0 saturated carbocycles. The third-order valence-electron chi connectivity index (χ3n) is 6.85. The normalized spacial score (nSPS) is 17.3. The Morgan fingerprint density at radius 3 is 2.32 bits per heavy atom. The van der Waals surface area contributed by atoms with Crippen LogP contribution in [-0.2, 0) is 12.5 Å². The van der Waals surface area contributed by atoms with E-state index in [2.05, 4.69) is 34.9 Å². The van der Waals surface area contributed by atoms with Crippen molar-refractivity contribution in [1.29, 1.82) is 0 Å². The van der Waals surface area contributed by atoms with Crippen LogP contribution in [0.1, 0.15) is 22.2 Å². The van der Waals surface area contributed by atoms with Crippen molar-refractivity contribution in [3.8, 4) is 11.1 Å². The van der Waals surface area contributed by atoms with Gasteiger partial charge in [-0.15, -0.1) is 0 Å². The first-order chi connectivity index (χ1) is 19.1. The highest BCUT2D eigenvalue weighted by atomic mass is 19.1. The number of nitrogens with two attached hydrogens (primary N) is 1. The molecule has 0 radical (unpaired) electrons. The maximum absolute atomic E-state index is 13.4. The average Bonchev–Trinajstić information content (AvgIpc) is 3.61. The minimum atomic E-state index is -2.33. The summed E-state index contributed by atoms with van der Waals surface area (Å²) in [5.74, 6) is 1.09. The Hall–Kier alpha value is -4.38. The Labute approximate surface area is 217 Å². The van der Waals surface area contributed by atoms with E-state index in [0.29, 0.717) is 37.7 Å². The summed E-state index contributed by atoms with van der Waals surface area (Å²) in [5.41, 5.74) is 9.51. The fourth-order valence-electron chi connectivity index (χ4n) is 4.62. The predicted molar refractivity (Wildman–Crippen MR) is 139 cm³/mol. The zero-order valence-electron chi connectivity index (χ0n) is 23.2. The molecule has 6 rings (SSSR count). The van der Waals surface area contributed by atoms with Crippen LogP contribution < -0.4 is 15.5 Å². The first-order valence-electron chi connectivity index (χ1n) is 13.4. The molecule has 11 heteroatoms. The lowest BCUT2D eigenvalue weighted by Gasteiger charge is -2.35. The zero-order chi connectivity index (χ0) is 28.1. The quantitative estimate of drug-likeness (QED) is 0.392. The van der Waals surface area contributed by atoms with Gasteiger partial charge in [0, 0.05) is 78.7 Å². The van der Waals surface area contributed by atoms with E-state index in [1.807, 2.05) is 19.2 Å². The SMILES string of the molecule is [2H]C([2H])([2H])n1cc(-c2cc3c(N4CCN(c5ncc([C@@](C)(N)c6ccc(F)cc6)cn5)CC4)ncnn3c2)cn1. The van der Waals surface area contributed by atoms with Crippen LogP contribution in [0.4, 0.5) is 16.2 Å².